The number of hydrogen-bond donors (Lipinski definition) is 1. The highest BCUT2D eigenvalue weighted by atomic mass is 16.5. The molecule has 2 fully saturated rings. The summed E-state index contributed by atoms with van der Waals surface area (Å²) in [5.74, 6) is 1.49. The van der Waals surface area contributed by atoms with Crippen molar-refractivity contribution in [3.8, 4) is 5.75 Å². The molecule has 3 aliphatic rings. The molecule has 1 N–H and O–H groups in total. The number of carbonyl (C=O) groups excluding carboxylic acids is 1. The molecule has 24 heavy (non-hydrogen) atoms. The second-order valence-corrected chi connectivity index (χ2v) is 6.88. The van der Waals surface area contributed by atoms with Gasteiger partial charge in [0.25, 0.3) is 5.91 Å². The van der Waals surface area contributed by atoms with Gasteiger partial charge in [-0.2, -0.15) is 0 Å². The fourth-order valence-electron chi connectivity index (χ4n) is 3.85. The molecule has 3 aliphatic heterocycles. The van der Waals surface area contributed by atoms with E-state index < -0.39 is 0 Å². The SMILES string of the molecule is CC1=C(C(=O)NC[C@H]2CN3CCC[C@@H]3CO2)Cc2ccccc2O1. The van der Waals surface area contributed by atoms with Crippen molar-refractivity contribution in [2.45, 2.75) is 38.3 Å². The molecule has 1 aromatic rings. The fraction of sp³-hybridized carbons (Fsp3) is 0.526. The zero-order valence-corrected chi connectivity index (χ0v) is 14.1. The Labute approximate surface area is 142 Å². The maximum atomic E-state index is 12.6. The molecule has 5 heteroatoms. The monoisotopic (exact) mass is 328 g/mol. The third-order valence-corrected chi connectivity index (χ3v) is 5.25. The number of amides is 1. The molecule has 0 aromatic heterocycles. The standard InChI is InChI=1S/C19H24N2O3/c1-13-17(9-14-5-2-3-7-18(14)24-13)19(22)20-10-16-11-21-8-4-6-15(21)12-23-16/h2-3,5,7,15-16H,4,6,8-12H2,1H3,(H,20,22)/t15-,16+/m1/s1. The van der Waals surface area contributed by atoms with Gasteiger partial charge in [0, 0.05) is 25.6 Å². The van der Waals surface area contributed by atoms with Gasteiger partial charge in [0.15, 0.2) is 0 Å². The smallest absolute Gasteiger partial charge is 0.251 e. The first kappa shape index (κ1) is 15.7. The van der Waals surface area contributed by atoms with E-state index in [1.807, 2.05) is 31.2 Å². The second kappa shape index (κ2) is 6.57. The number of rotatable bonds is 3. The molecule has 2 saturated heterocycles. The lowest BCUT2D eigenvalue weighted by molar-refractivity contribution is -0.119. The summed E-state index contributed by atoms with van der Waals surface area (Å²) in [6.45, 7) is 5.28. The summed E-state index contributed by atoms with van der Waals surface area (Å²) in [5.41, 5.74) is 1.77. The predicted octanol–water partition coefficient (Wildman–Crippen LogP) is 1.87. The Morgan fingerprint density at radius 1 is 1.38 bits per heavy atom. The van der Waals surface area contributed by atoms with Crippen molar-refractivity contribution in [2.24, 2.45) is 0 Å². The van der Waals surface area contributed by atoms with Gasteiger partial charge in [-0.25, -0.2) is 0 Å². The van der Waals surface area contributed by atoms with E-state index in [0.717, 1.165) is 31.0 Å². The molecule has 0 unspecified atom stereocenters. The van der Waals surface area contributed by atoms with Gasteiger partial charge in [-0.15, -0.1) is 0 Å². The van der Waals surface area contributed by atoms with E-state index in [-0.39, 0.29) is 12.0 Å². The van der Waals surface area contributed by atoms with Gasteiger partial charge in [0.05, 0.1) is 18.3 Å². The maximum absolute atomic E-state index is 12.6. The predicted molar refractivity (Wildman–Crippen MR) is 90.8 cm³/mol. The van der Waals surface area contributed by atoms with E-state index in [1.54, 1.807) is 0 Å². The highest BCUT2D eigenvalue weighted by Gasteiger charge is 2.32. The quantitative estimate of drug-likeness (QED) is 0.920. The zero-order chi connectivity index (χ0) is 16.5. The van der Waals surface area contributed by atoms with Crippen LogP contribution < -0.4 is 10.1 Å². The molecule has 3 heterocycles. The zero-order valence-electron chi connectivity index (χ0n) is 14.1. The summed E-state index contributed by atoms with van der Waals surface area (Å²) in [4.78, 5) is 15.1. The van der Waals surface area contributed by atoms with Gasteiger partial charge in [-0.05, 0) is 37.9 Å². The van der Waals surface area contributed by atoms with E-state index in [2.05, 4.69) is 10.2 Å². The summed E-state index contributed by atoms with van der Waals surface area (Å²) >= 11 is 0. The maximum Gasteiger partial charge on any atom is 0.251 e. The molecule has 5 nitrogen and oxygen atoms in total. The van der Waals surface area contributed by atoms with Crippen molar-refractivity contribution in [1.29, 1.82) is 0 Å². The average Bonchev–Trinajstić information content (AvgIpc) is 3.06. The molecule has 0 saturated carbocycles. The van der Waals surface area contributed by atoms with E-state index in [9.17, 15) is 4.79 Å². The van der Waals surface area contributed by atoms with Crippen LogP contribution in [0.4, 0.5) is 0 Å². The van der Waals surface area contributed by atoms with Crippen molar-refractivity contribution in [1.82, 2.24) is 10.2 Å². The van der Waals surface area contributed by atoms with E-state index in [4.69, 9.17) is 9.47 Å². The molecule has 4 rings (SSSR count). The molecular formula is C19H24N2O3. The first-order valence-electron chi connectivity index (χ1n) is 8.80. The van der Waals surface area contributed by atoms with Crippen LogP contribution in [0.5, 0.6) is 5.75 Å². The Morgan fingerprint density at radius 3 is 3.17 bits per heavy atom. The lowest BCUT2D eigenvalue weighted by Gasteiger charge is -2.35. The van der Waals surface area contributed by atoms with Crippen LogP contribution in [0.2, 0.25) is 0 Å². The number of hydrogen-bond acceptors (Lipinski definition) is 4. The van der Waals surface area contributed by atoms with Crippen LogP contribution in [-0.4, -0.2) is 49.2 Å². The van der Waals surface area contributed by atoms with E-state index in [0.29, 0.717) is 30.3 Å². The normalized spacial score (nSPS) is 26.5. The van der Waals surface area contributed by atoms with Crippen molar-refractivity contribution >= 4 is 5.91 Å². The summed E-state index contributed by atoms with van der Waals surface area (Å²) < 4.78 is 11.7. The highest BCUT2D eigenvalue weighted by Crippen LogP contribution is 2.29. The molecule has 0 aliphatic carbocycles. The Kier molecular flexibility index (Phi) is 4.29. The molecule has 0 bridgehead atoms. The largest absolute Gasteiger partial charge is 0.461 e. The molecule has 1 amide bonds. The van der Waals surface area contributed by atoms with Crippen LogP contribution in [0, 0.1) is 0 Å². The van der Waals surface area contributed by atoms with Gasteiger partial charge < -0.3 is 14.8 Å². The Balaban J connectivity index is 1.35. The second-order valence-electron chi connectivity index (χ2n) is 6.88. The number of ether oxygens (including phenoxy) is 2. The van der Waals surface area contributed by atoms with E-state index >= 15 is 0 Å². The van der Waals surface area contributed by atoms with Gasteiger partial charge >= 0.3 is 0 Å². The number of allylic oxidation sites excluding steroid dienone is 1. The average molecular weight is 328 g/mol. The third kappa shape index (κ3) is 3.06. The topological polar surface area (TPSA) is 50.8 Å². The minimum atomic E-state index is -0.0471. The van der Waals surface area contributed by atoms with Crippen LogP contribution in [0.25, 0.3) is 0 Å². The molecule has 128 valence electrons. The number of nitrogens with one attached hydrogen (secondary N) is 1. The highest BCUT2D eigenvalue weighted by molar-refractivity contribution is 5.94. The van der Waals surface area contributed by atoms with Crippen molar-refractivity contribution < 1.29 is 14.3 Å². The summed E-state index contributed by atoms with van der Waals surface area (Å²) in [6, 6.07) is 8.46. The Bertz CT molecular complexity index is 670. The number of morpholine rings is 1. The summed E-state index contributed by atoms with van der Waals surface area (Å²) in [7, 11) is 0. The van der Waals surface area contributed by atoms with Crippen LogP contribution in [0.1, 0.15) is 25.3 Å². The van der Waals surface area contributed by atoms with Gasteiger partial charge in [0.1, 0.15) is 11.5 Å². The summed E-state index contributed by atoms with van der Waals surface area (Å²) in [6.07, 6.45) is 3.20. The molecular weight excluding hydrogens is 304 g/mol. The Morgan fingerprint density at radius 2 is 2.25 bits per heavy atom. The molecule has 1 aromatic carbocycles. The number of fused-ring (bicyclic) bond motifs is 2. The lowest BCUT2D eigenvalue weighted by atomic mass is 10.00. The molecule has 2 atom stereocenters. The number of nitrogens with zero attached hydrogens (tertiary/aromatic N) is 1. The number of benzene rings is 1. The third-order valence-electron chi connectivity index (χ3n) is 5.25. The minimum absolute atomic E-state index is 0.0471. The molecule has 0 spiro atoms. The summed E-state index contributed by atoms with van der Waals surface area (Å²) in [5, 5.41) is 3.03. The van der Waals surface area contributed by atoms with Crippen LogP contribution in [-0.2, 0) is 16.0 Å². The van der Waals surface area contributed by atoms with Crippen molar-refractivity contribution in [2.75, 3.05) is 26.2 Å². The van der Waals surface area contributed by atoms with Gasteiger partial charge in [-0.3, -0.25) is 9.69 Å². The molecule has 0 radical (unpaired) electrons. The Hall–Kier alpha value is -1.85. The first-order valence-corrected chi connectivity index (χ1v) is 8.80. The number of para-hydroxylation sites is 1. The van der Waals surface area contributed by atoms with Gasteiger partial charge in [-0.1, -0.05) is 18.2 Å². The van der Waals surface area contributed by atoms with Crippen LogP contribution in [0.15, 0.2) is 35.6 Å². The van der Waals surface area contributed by atoms with Crippen molar-refractivity contribution in [3.63, 3.8) is 0 Å². The van der Waals surface area contributed by atoms with Gasteiger partial charge in [0.2, 0.25) is 0 Å². The lowest BCUT2D eigenvalue weighted by Crippen LogP contribution is -2.50. The van der Waals surface area contributed by atoms with Crippen molar-refractivity contribution in [3.05, 3.63) is 41.2 Å². The minimum Gasteiger partial charge on any atom is -0.461 e. The van der Waals surface area contributed by atoms with Crippen LogP contribution >= 0.6 is 0 Å². The number of carbonyl (C=O) groups is 1. The van der Waals surface area contributed by atoms with E-state index in [1.165, 1.54) is 12.8 Å². The fourth-order valence-corrected chi connectivity index (χ4v) is 3.85. The first-order chi connectivity index (χ1) is 11.7. The van der Waals surface area contributed by atoms with Crippen LogP contribution in [0.3, 0.4) is 0 Å².